The van der Waals surface area contributed by atoms with Crippen molar-refractivity contribution in [1.82, 2.24) is 20.2 Å². The van der Waals surface area contributed by atoms with Gasteiger partial charge in [-0.05, 0) is 29.8 Å². The molecular formula is C22H16F3N5O2. The minimum absolute atomic E-state index is 0.105. The number of rotatable bonds is 4. The molecule has 0 saturated heterocycles. The van der Waals surface area contributed by atoms with Crippen molar-refractivity contribution in [3.8, 4) is 16.9 Å². The fourth-order valence-electron chi connectivity index (χ4n) is 3.82. The monoisotopic (exact) mass is 439 g/mol. The van der Waals surface area contributed by atoms with E-state index in [0.717, 1.165) is 6.92 Å². The van der Waals surface area contributed by atoms with Gasteiger partial charge in [0.25, 0.3) is 11.5 Å². The zero-order valence-electron chi connectivity index (χ0n) is 16.7. The third-order valence-electron chi connectivity index (χ3n) is 5.19. The van der Waals surface area contributed by atoms with Crippen LogP contribution in [-0.4, -0.2) is 32.7 Å². The van der Waals surface area contributed by atoms with Crippen molar-refractivity contribution in [3.63, 3.8) is 0 Å². The van der Waals surface area contributed by atoms with Gasteiger partial charge in [-0.1, -0.05) is 6.07 Å². The van der Waals surface area contributed by atoms with E-state index < -0.39 is 23.9 Å². The molecule has 0 radical (unpaired) electrons. The Bertz CT molecular complexity index is 1570. The topological polar surface area (TPSA) is 110 Å². The molecule has 0 spiro atoms. The molecule has 0 aliphatic heterocycles. The number of hydrogen-bond donors (Lipinski definition) is 3. The van der Waals surface area contributed by atoms with Crippen molar-refractivity contribution in [2.75, 3.05) is 12.3 Å². The lowest BCUT2D eigenvalue weighted by Gasteiger charge is -2.17. The average molecular weight is 439 g/mol. The van der Waals surface area contributed by atoms with Crippen LogP contribution in [0.2, 0.25) is 0 Å². The first-order valence-corrected chi connectivity index (χ1v) is 9.60. The molecule has 2 aromatic carbocycles. The minimum atomic E-state index is -3.07. The summed E-state index contributed by atoms with van der Waals surface area (Å²) < 4.78 is 46.6. The second kappa shape index (κ2) is 6.98. The number of H-pyrrole nitrogens is 2. The number of fused-ring (bicyclic) bond motifs is 4. The molecule has 3 aromatic heterocycles. The summed E-state index contributed by atoms with van der Waals surface area (Å²) in [5, 5.41) is 7.82. The van der Waals surface area contributed by atoms with Crippen LogP contribution in [0.5, 0.6) is 5.75 Å². The van der Waals surface area contributed by atoms with Gasteiger partial charge in [0.15, 0.2) is 6.61 Å². The highest BCUT2D eigenvalue weighted by atomic mass is 19.3. The van der Waals surface area contributed by atoms with Crippen molar-refractivity contribution in [2.45, 2.75) is 12.8 Å². The van der Waals surface area contributed by atoms with E-state index in [0.29, 0.717) is 38.3 Å². The Morgan fingerprint density at radius 1 is 1.16 bits per heavy atom. The number of halogens is 3. The van der Waals surface area contributed by atoms with E-state index in [-0.39, 0.29) is 17.0 Å². The fourth-order valence-corrected chi connectivity index (χ4v) is 3.82. The molecule has 0 bridgehead atoms. The van der Waals surface area contributed by atoms with E-state index in [9.17, 15) is 18.0 Å². The van der Waals surface area contributed by atoms with Crippen molar-refractivity contribution >= 4 is 38.4 Å². The molecule has 0 atom stereocenters. The molecule has 0 unspecified atom stereocenters. The third kappa shape index (κ3) is 3.11. The minimum Gasteiger partial charge on any atom is -0.485 e. The van der Waals surface area contributed by atoms with Gasteiger partial charge >= 0.3 is 0 Å². The number of aromatic amines is 2. The van der Waals surface area contributed by atoms with Crippen molar-refractivity contribution in [3.05, 3.63) is 58.9 Å². The molecule has 4 N–H and O–H groups in total. The molecule has 5 rings (SSSR count). The number of alkyl halides is 2. The largest absolute Gasteiger partial charge is 0.485 e. The lowest BCUT2D eigenvalue weighted by molar-refractivity contribution is -0.0225. The normalized spacial score (nSPS) is 12.1. The Morgan fingerprint density at radius 2 is 1.97 bits per heavy atom. The Labute approximate surface area is 178 Å². The lowest BCUT2D eigenvalue weighted by Crippen LogP contribution is -2.21. The summed E-state index contributed by atoms with van der Waals surface area (Å²) in [6.07, 6.45) is 2.92. The maximum atomic E-state index is 14.2. The summed E-state index contributed by atoms with van der Waals surface area (Å²) in [4.78, 5) is 19.7. The molecule has 0 saturated carbocycles. The molecule has 3 heterocycles. The van der Waals surface area contributed by atoms with Crippen LogP contribution in [0.15, 0.2) is 47.5 Å². The maximum Gasteiger partial charge on any atom is 0.278 e. The van der Waals surface area contributed by atoms with Crippen molar-refractivity contribution in [2.24, 2.45) is 0 Å². The number of anilines is 1. The van der Waals surface area contributed by atoms with Crippen LogP contribution < -0.4 is 16.0 Å². The molecule has 5 aromatic rings. The lowest BCUT2D eigenvalue weighted by atomic mass is 9.95. The average Bonchev–Trinajstić information content (AvgIpc) is 3.25. The van der Waals surface area contributed by atoms with E-state index in [1.165, 1.54) is 30.6 Å². The third-order valence-corrected chi connectivity index (χ3v) is 5.19. The number of nitrogens with zero attached hydrogens (tertiary/aromatic N) is 2. The number of aromatic nitrogens is 4. The molecule has 0 aliphatic rings. The molecule has 0 aliphatic carbocycles. The van der Waals surface area contributed by atoms with Crippen LogP contribution in [0.25, 0.3) is 43.8 Å². The van der Waals surface area contributed by atoms with Gasteiger partial charge in [0, 0.05) is 34.8 Å². The number of nitrogens with two attached hydrogens (primary N) is 1. The maximum absolute atomic E-state index is 14.2. The summed E-state index contributed by atoms with van der Waals surface area (Å²) in [5.74, 6) is -3.48. The number of pyridine rings is 2. The SMILES string of the molecule is CC(F)(F)COc1cc2c(-c3ccc(F)c4[nH]ncc34)c(N)c(=O)[nH]c2c2cccnc12. The first-order valence-electron chi connectivity index (χ1n) is 9.60. The van der Waals surface area contributed by atoms with E-state index in [2.05, 4.69) is 20.2 Å². The first-order chi connectivity index (χ1) is 15.2. The van der Waals surface area contributed by atoms with E-state index >= 15 is 0 Å². The summed E-state index contributed by atoms with van der Waals surface area (Å²) in [5.41, 5.74) is 7.15. The van der Waals surface area contributed by atoms with E-state index in [4.69, 9.17) is 10.5 Å². The summed E-state index contributed by atoms with van der Waals surface area (Å²) in [7, 11) is 0. The van der Waals surface area contributed by atoms with Gasteiger partial charge in [-0.25, -0.2) is 13.2 Å². The van der Waals surface area contributed by atoms with Crippen LogP contribution in [0.1, 0.15) is 6.92 Å². The predicted octanol–water partition coefficient (Wildman–Crippen LogP) is 4.37. The number of benzene rings is 2. The van der Waals surface area contributed by atoms with Gasteiger partial charge in [0.05, 0.1) is 11.7 Å². The highest BCUT2D eigenvalue weighted by Gasteiger charge is 2.24. The van der Waals surface area contributed by atoms with Crippen LogP contribution in [-0.2, 0) is 0 Å². The molecule has 10 heteroatoms. The zero-order valence-corrected chi connectivity index (χ0v) is 16.7. The van der Waals surface area contributed by atoms with Gasteiger partial charge in [0.1, 0.15) is 28.3 Å². The van der Waals surface area contributed by atoms with E-state index in [1.807, 2.05) is 0 Å². The molecule has 162 valence electrons. The molecule has 0 amide bonds. The van der Waals surface area contributed by atoms with Gasteiger partial charge in [-0.15, -0.1) is 0 Å². The van der Waals surface area contributed by atoms with Crippen molar-refractivity contribution in [1.29, 1.82) is 0 Å². The number of ether oxygens (including phenoxy) is 1. The van der Waals surface area contributed by atoms with Gasteiger partial charge in [0.2, 0.25) is 0 Å². The highest BCUT2D eigenvalue weighted by Crippen LogP contribution is 2.40. The Balaban J connectivity index is 1.90. The van der Waals surface area contributed by atoms with Crippen LogP contribution in [0, 0.1) is 5.82 Å². The second-order valence-electron chi connectivity index (χ2n) is 7.55. The zero-order chi connectivity index (χ0) is 22.6. The molecule has 7 nitrogen and oxygen atoms in total. The highest BCUT2D eigenvalue weighted by molar-refractivity contribution is 6.15. The number of hydrogen-bond acceptors (Lipinski definition) is 5. The molecular weight excluding hydrogens is 423 g/mol. The van der Waals surface area contributed by atoms with E-state index in [1.54, 1.807) is 12.1 Å². The number of nitrogen functional groups attached to an aromatic ring is 1. The van der Waals surface area contributed by atoms with Gasteiger partial charge in [-0.3, -0.25) is 14.9 Å². The van der Waals surface area contributed by atoms with Crippen LogP contribution >= 0.6 is 0 Å². The Kier molecular flexibility index (Phi) is 4.33. The summed E-state index contributed by atoms with van der Waals surface area (Å²) >= 11 is 0. The first kappa shape index (κ1) is 19.9. The Morgan fingerprint density at radius 3 is 2.75 bits per heavy atom. The smallest absolute Gasteiger partial charge is 0.278 e. The second-order valence-corrected chi connectivity index (χ2v) is 7.55. The van der Waals surface area contributed by atoms with Gasteiger partial charge in [-0.2, -0.15) is 5.10 Å². The quantitative estimate of drug-likeness (QED) is 0.360. The van der Waals surface area contributed by atoms with Gasteiger partial charge < -0.3 is 15.5 Å². The molecule has 0 fully saturated rings. The Hall–Kier alpha value is -4.08. The summed E-state index contributed by atoms with van der Waals surface area (Å²) in [6.45, 7) is -0.112. The van der Waals surface area contributed by atoms with Crippen LogP contribution in [0.4, 0.5) is 18.9 Å². The van der Waals surface area contributed by atoms with Crippen molar-refractivity contribution < 1.29 is 17.9 Å². The standard InChI is InChI=1S/C22H16F3N5O2/c1-22(24,25)9-32-15-7-12-16(10-4-5-14(23)19-13(10)8-28-30-19)17(26)21(31)29-18(12)11-3-2-6-27-20(11)15/h2-8H,9,26H2,1H3,(H,28,30)(H,29,31). The fraction of sp³-hybridized carbons (Fsp3) is 0.136. The predicted molar refractivity (Wildman–Crippen MR) is 115 cm³/mol. The number of nitrogens with one attached hydrogen (secondary N) is 2. The van der Waals surface area contributed by atoms with Crippen LogP contribution in [0.3, 0.4) is 0 Å². The molecule has 32 heavy (non-hydrogen) atoms. The summed E-state index contributed by atoms with van der Waals surface area (Å²) in [6, 6.07) is 7.58.